The van der Waals surface area contributed by atoms with E-state index in [-0.39, 0.29) is 52.6 Å². The summed E-state index contributed by atoms with van der Waals surface area (Å²) in [5.41, 5.74) is 0. The third-order valence-corrected chi connectivity index (χ3v) is 11.2. The van der Waals surface area contributed by atoms with Crippen LogP contribution < -0.4 is 0 Å². The summed E-state index contributed by atoms with van der Waals surface area (Å²) in [6, 6.07) is 3.09. The summed E-state index contributed by atoms with van der Waals surface area (Å²) >= 11 is 10.6. The van der Waals surface area contributed by atoms with E-state index < -0.39 is 12.0 Å². The molecule has 2 saturated carbocycles. The molecule has 2 aliphatic carbocycles. The normalized spacial score (nSPS) is 37.2. The Balaban J connectivity index is 1.45. The average Bonchev–Trinajstić information content (AvgIpc) is 3.48. The number of hydrogen-bond donors (Lipinski definition) is 2. The smallest absolute Gasteiger partial charge is 0.326 e. The Morgan fingerprint density at radius 3 is 2.70 bits per heavy atom. The van der Waals surface area contributed by atoms with Crippen molar-refractivity contribution in [2.45, 2.75) is 35.6 Å². The highest BCUT2D eigenvalue weighted by molar-refractivity contribution is 8.00. The molecule has 0 spiro atoms. The van der Waals surface area contributed by atoms with Crippen molar-refractivity contribution in [3.05, 3.63) is 31.2 Å². The van der Waals surface area contributed by atoms with Gasteiger partial charge in [0.15, 0.2) is 3.95 Å². The van der Waals surface area contributed by atoms with Crippen molar-refractivity contribution < 1.29 is 19.5 Å². The molecule has 1 saturated heterocycles. The van der Waals surface area contributed by atoms with Gasteiger partial charge in [-0.2, -0.15) is 0 Å². The number of fused-ring (bicyclic) bond motifs is 9. The Morgan fingerprint density at radius 1 is 1.30 bits per heavy atom. The molecule has 2 aromatic heterocycles. The highest BCUT2D eigenvalue weighted by Crippen LogP contribution is 2.69. The second-order valence-corrected chi connectivity index (χ2v) is 12.4. The Morgan fingerprint density at radius 2 is 2.03 bits per heavy atom. The van der Waals surface area contributed by atoms with Crippen molar-refractivity contribution in [3.8, 4) is 0 Å². The first-order valence-electron chi connectivity index (χ1n) is 9.91. The van der Waals surface area contributed by atoms with Crippen LogP contribution in [0.5, 0.6) is 0 Å². The minimum absolute atomic E-state index is 0.0925. The fourth-order valence-corrected chi connectivity index (χ4v) is 10.6. The topological polar surface area (TPSA) is 90.5 Å². The largest absolute Gasteiger partial charge is 0.480 e. The summed E-state index contributed by atoms with van der Waals surface area (Å²) in [5, 5.41) is 12.8. The minimum atomic E-state index is -1.14. The van der Waals surface area contributed by atoms with Crippen molar-refractivity contribution in [2.24, 2.45) is 29.6 Å². The molecule has 2 aromatic rings. The summed E-state index contributed by atoms with van der Waals surface area (Å²) < 4.78 is 0.759. The van der Waals surface area contributed by atoms with Crippen molar-refractivity contribution in [1.82, 2.24) is 9.88 Å². The first-order chi connectivity index (χ1) is 14.4. The van der Waals surface area contributed by atoms with E-state index in [4.69, 9.17) is 12.2 Å². The molecule has 30 heavy (non-hydrogen) atoms. The van der Waals surface area contributed by atoms with Crippen molar-refractivity contribution in [1.29, 1.82) is 0 Å². The molecule has 3 fully saturated rings. The second kappa shape index (κ2) is 6.51. The highest BCUT2D eigenvalue weighted by Gasteiger charge is 2.70. The maximum atomic E-state index is 13.3. The molecule has 8 unspecified atom stereocenters. The molecule has 2 amide bonds. The first kappa shape index (κ1) is 19.2. The van der Waals surface area contributed by atoms with E-state index in [1.54, 1.807) is 34.4 Å². The number of aromatic nitrogens is 1. The molecule has 6 rings (SSSR count). The van der Waals surface area contributed by atoms with Crippen LogP contribution in [0.15, 0.2) is 22.5 Å². The van der Waals surface area contributed by atoms with Gasteiger partial charge in [0, 0.05) is 20.9 Å². The van der Waals surface area contributed by atoms with Crippen LogP contribution in [0.4, 0.5) is 0 Å². The van der Waals surface area contributed by atoms with Gasteiger partial charge in [-0.25, -0.2) is 4.79 Å². The highest BCUT2D eigenvalue weighted by atomic mass is 32.2. The maximum Gasteiger partial charge on any atom is 0.326 e. The number of nitrogens with zero attached hydrogens (tertiary/aromatic N) is 1. The van der Waals surface area contributed by atoms with Crippen LogP contribution in [0.1, 0.15) is 29.0 Å². The quantitative estimate of drug-likeness (QED) is 0.515. The molecule has 156 valence electrons. The third-order valence-electron chi connectivity index (χ3n) is 7.35. The van der Waals surface area contributed by atoms with E-state index in [1.807, 2.05) is 0 Å². The lowest BCUT2D eigenvalue weighted by molar-refractivity contribution is -0.154. The summed E-state index contributed by atoms with van der Waals surface area (Å²) in [7, 11) is 0. The van der Waals surface area contributed by atoms with Gasteiger partial charge in [-0.05, 0) is 54.8 Å². The number of likely N-dealkylation sites (tertiary alicyclic amines) is 1. The summed E-state index contributed by atoms with van der Waals surface area (Å²) in [6.45, 7) is 1.43. The number of aromatic amines is 1. The number of carboxylic acid groups (broad SMARTS) is 1. The van der Waals surface area contributed by atoms with Gasteiger partial charge in [0.1, 0.15) is 6.04 Å². The van der Waals surface area contributed by atoms with Crippen LogP contribution in [0.25, 0.3) is 0 Å². The number of imide groups is 1. The molecule has 0 aromatic carbocycles. The zero-order valence-corrected chi connectivity index (χ0v) is 19.1. The second-order valence-electron chi connectivity index (χ2n) is 8.54. The Labute approximate surface area is 189 Å². The zero-order valence-electron chi connectivity index (χ0n) is 15.8. The lowest BCUT2D eigenvalue weighted by Gasteiger charge is -2.42. The molecular formula is C20H18N2O4S4. The maximum absolute atomic E-state index is 13.3. The van der Waals surface area contributed by atoms with Gasteiger partial charge in [-0.3, -0.25) is 14.5 Å². The molecule has 2 N–H and O–H groups in total. The summed E-state index contributed by atoms with van der Waals surface area (Å²) in [4.78, 5) is 44.9. The number of H-pyrrole nitrogens is 1. The van der Waals surface area contributed by atoms with E-state index in [1.165, 1.54) is 16.7 Å². The van der Waals surface area contributed by atoms with E-state index in [0.717, 1.165) is 20.3 Å². The predicted molar refractivity (Wildman–Crippen MR) is 116 cm³/mol. The molecular weight excluding hydrogens is 460 g/mol. The van der Waals surface area contributed by atoms with Crippen LogP contribution >= 0.6 is 46.7 Å². The molecule has 8 atom stereocenters. The van der Waals surface area contributed by atoms with E-state index in [2.05, 4.69) is 22.5 Å². The molecule has 0 radical (unpaired) electrons. The first-order valence-corrected chi connectivity index (χ1v) is 12.9. The van der Waals surface area contributed by atoms with Gasteiger partial charge in [-0.15, -0.1) is 34.4 Å². The molecule has 6 nitrogen and oxygen atoms in total. The van der Waals surface area contributed by atoms with E-state index in [0.29, 0.717) is 0 Å². The zero-order chi connectivity index (χ0) is 20.9. The van der Waals surface area contributed by atoms with Gasteiger partial charge in [0.25, 0.3) is 0 Å². The number of thiophene rings is 1. The lowest BCUT2D eigenvalue weighted by atomic mass is 9.69. The van der Waals surface area contributed by atoms with Crippen molar-refractivity contribution in [3.63, 3.8) is 0 Å². The Kier molecular flexibility index (Phi) is 4.17. The number of aliphatic carboxylic acids is 1. The Hall–Kier alpha value is -1.49. The number of rotatable bonds is 3. The number of carbonyl (C=O) groups excluding carboxylic acids is 2. The summed E-state index contributed by atoms with van der Waals surface area (Å²) in [5.74, 6) is -1.86. The van der Waals surface area contributed by atoms with Gasteiger partial charge in [0.05, 0.1) is 16.9 Å². The molecule has 4 heterocycles. The van der Waals surface area contributed by atoms with Gasteiger partial charge in [0.2, 0.25) is 11.8 Å². The van der Waals surface area contributed by atoms with Crippen LogP contribution in [-0.2, 0) is 14.4 Å². The number of thiazole rings is 1. The van der Waals surface area contributed by atoms with Crippen molar-refractivity contribution >= 4 is 64.4 Å². The van der Waals surface area contributed by atoms with E-state index in [9.17, 15) is 19.5 Å². The summed E-state index contributed by atoms with van der Waals surface area (Å²) in [6.07, 6.45) is 0.863. The minimum Gasteiger partial charge on any atom is -0.480 e. The van der Waals surface area contributed by atoms with Crippen LogP contribution in [-0.4, -0.2) is 44.1 Å². The van der Waals surface area contributed by atoms with Gasteiger partial charge < -0.3 is 10.1 Å². The number of thioether (sulfide) groups is 1. The average molecular weight is 479 g/mol. The van der Waals surface area contributed by atoms with Gasteiger partial charge >= 0.3 is 5.97 Å². The fraction of sp³-hybridized carbons (Fsp3) is 0.500. The van der Waals surface area contributed by atoms with E-state index >= 15 is 0 Å². The molecule has 2 aliphatic heterocycles. The van der Waals surface area contributed by atoms with Gasteiger partial charge in [-0.1, -0.05) is 6.07 Å². The monoisotopic (exact) mass is 478 g/mol. The number of amides is 2. The number of carbonyl (C=O) groups is 3. The molecule has 2 bridgehead atoms. The number of carboxylic acids is 1. The molecule has 4 aliphatic rings. The van der Waals surface area contributed by atoms with Crippen LogP contribution in [0.2, 0.25) is 0 Å². The molecule has 10 heteroatoms. The lowest BCUT2D eigenvalue weighted by Crippen LogP contribution is -2.44. The third kappa shape index (κ3) is 2.36. The number of nitrogens with one attached hydrogen (secondary N) is 1. The standard InChI is InChI=1S/C20H18N2O4S4/c1-6(19(25)26)22-17(23)11-7-5-8(12(11)18(22)24)14-10(7)13(9-3-2-4-28-9)15-16(29-14)21-20(27)30-15/h2-4,6-8,10-14H,5H2,1H3,(H,21,27)(H,25,26). The number of hydrogen-bond acceptors (Lipinski definition) is 7. The SMILES string of the molecule is CC(C(=O)O)N1C(=O)C2C3CC(C2C1=O)C1C(c2cccs2)c2sc(=S)[nH]c2SC31. The fourth-order valence-electron chi connectivity index (χ4n) is 6.32. The Bertz CT molecular complexity index is 1140. The predicted octanol–water partition coefficient (Wildman–Crippen LogP) is 3.81. The van der Waals surface area contributed by atoms with Crippen LogP contribution in [0.3, 0.4) is 0 Å². The van der Waals surface area contributed by atoms with Crippen molar-refractivity contribution in [2.75, 3.05) is 0 Å². The van der Waals surface area contributed by atoms with Crippen LogP contribution in [0, 0.1) is 33.5 Å².